The zero-order valence-electron chi connectivity index (χ0n) is 20.5. The van der Waals surface area contributed by atoms with Gasteiger partial charge in [0.2, 0.25) is 12.3 Å². The van der Waals surface area contributed by atoms with Gasteiger partial charge in [0.25, 0.3) is 5.91 Å². The Hall–Kier alpha value is -2.20. The van der Waals surface area contributed by atoms with Crippen molar-refractivity contribution in [1.82, 2.24) is 20.2 Å². The smallest absolute Gasteiger partial charge is 0.414 e. The number of alkyl carbamates (subject to hydrolysis) is 1. The Kier molecular flexibility index (Phi) is 9.70. The lowest BCUT2D eigenvalue weighted by Crippen LogP contribution is -2.51. The van der Waals surface area contributed by atoms with Crippen LogP contribution in [0.25, 0.3) is 0 Å². The summed E-state index contributed by atoms with van der Waals surface area (Å²) in [7, 11) is 4.09. The SMILES string of the molecule is CN(C)[C@H]1CC[C@H](OC(=O)NC(=O)[C@@H]2CCCN2C(=O)[C@H](CC2CCCC2)CN(O)C=O)CC1. The Labute approximate surface area is 201 Å². The van der Waals surface area contributed by atoms with E-state index in [1.165, 1.54) is 4.90 Å². The highest BCUT2D eigenvalue weighted by Crippen LogP contribution is 2.32. The molecular formula is C24H40N4O6. The molecule has 192 valence electrons. The number of imide groups is 1. The molecule has 1 saturated heterocycles. The number of hydrogen-bond acceptors (Lipinski definition) is 7. The summed E-state index contributed by atoms with van der Waals surface area (Å²) in [5, 5.41) is 12.6. The molecule has 2 atom stereocenters. The molecule has 0 aromatic carbocycles. The topological polar surface area (TPSA) is 119 Å². The number of carbonyl (C=O) groups is 4. The standard InChI is InChI=1S/C24H40N4O6/c1-26(2)19-9-11-20(12-10-19)34-24(32)25-22(30)21-8-5-13-28(21)23(31)18(15-27(33)16-29)14-17-6-3-4-7-17/h16-21,33H,3-15H2,1-2H3,(H,25,30,32)/t18-,19-,20-,21+/m1/s1. The van der Waals surface area contributed by atoms with Crippen LogP contribution in [0.3, 0.4) is 0 Å². The summed E-state index contributed by atoms with van der Waals surface area (Å²) in [5.74, 6) is -0.985. The first-order valence-corrected chi connectivity index (χ1v) is 12.7. The molecule has 0 aromatic heterocycles. The summed E-state index contributed by atoms with van der Waals surface area (Å²) in [5.41, 5.74) is 0. The first-order chi connectivity index (χ1) is 16.3. The van der Waals surface area contributed by atoms with Crippen LogP contribution in [-0.2, 0) is 19.1 Å². The average Bonchev–Trinajstić information content (AvgIpc) is 3.50. The molecule has 1 aliphatic heterocycles. The lowest BCUT2D eigenvalue weighted by molar-refractivity contribution is -0.158. The van der Waals surface area contributed by atoms with Crippen LogP contribution in [-0.4, -0.2) is 89.8 Å². The van der Waals surface area contributed by atoms with E-state index >= 15 is 0 Å². The highest BCUT2D eigenvalue weighted by Gasteiger charge is 2.39. The van der Waals surface area contributed by atoms with Crippen LogP contribution in [0.4, 0.5) is 4.79 Å². The minimum Gasteiger partial charge on any atom is -0.446 e. The van der Waals surface area contributed by atoms with Gasteiger partial charge in [-0.15, -0.1) is 0 Å². The van der Waals surface area contributed by atoms with Gasteiger partial charge in [0, 0.05) is 12.6 Å². The maximum atomic E-state index is 13.4. The number of amides is 4. The summed E-state index contributed by atoms with van der Waals surface area (Å²) in [4.78, 5) is 53.2. The number of carbonyl (C=O) groups excluding carboxylic acids is 4. The highest BCUT2D eigenvalue weighted by molar-refractivity contribution is 5.97. The molecule has 3 rings (SSSR count). The van der Waals surface area contributed by atoms with Crippen molar-refractivity contribution in [3.63, 3.8) is 0 Å². The van der Waals surface area contributed by atoms with Crippen LogP contribution >= 0.6 is 0 Å². The van der Waals surface area contributed by atoms with Crippen molar-refractivity contribution >= 4 is 24.3 Å². The van der Waals surface area contributed by atoms with Crippen LogP contribution in [0.15, 0.2) is 0 Å². The molecule has 10 heteroatoms. The van der Waals surface area contributed by atoms with E-state index in [4.69, 9.17) is 4.74 Å². The maximum Gasteiger partial charge on any atom is 0.414 e. The fourth-order valence-corrected chi connectivity index (χ4v) is 5.75. The minimum absolute atomic E-state index is 0.0959. The van der Waals surface area contributed by atoms with Crippen molar-refractivity contribution in [2.75, 3.05) is 27.2 Å². The third-order valence-electron chi connectivity index (χ3n) is 7.68. The van der Waals surface area contributed by atoms with Crippen molar-refractivity contribution in [2.45, 2.75) is 88.8 Å². The molecule has 3 aliphatic rings. The summed E-state index contributed by atoms with van der Waals surface area (Å²) in [6.07, 6.45) is 8.72. The van der Waals surface area contributed by atoms with E-state index < -0.39 is 24.0 Å². The van der Waals surface area contributed by atoms with Crippen molar-refractivity contribution in [3.8, 4) is 0 Å². The molecule has 2 saturated carbocycles. The predicted octanol–water partition coefficient (Wildman–Crippen LogP) is 2.15. The lowest BCUT2D eigenvalue weighted by Gasteiger charge is -2.32. The van der Waals surface area contributed by atoms with Gasteiger partial charge in [-0.25, -0.2) is 9.86 Å². The van der Waals surface area contributed by atoms with E-state index in [2.05, 4.69) is 10.2 Å². The fraction of sp³-hybridized carbons (Fsp3) is 0.833. The monoisotopic (exact) mass is 480 g/mol. The molecular weight excluding hydrogens is 440 g/mol. The molecule has 34 heavy (non-hydrogen) atoms. The summed E-state index contributed by atoms with van der Waals surface area (Å²) in [6.45, 7) is 0.315. The van der Waals surface area contributed by atoms with E-state index in [-0.39, 0.29) is 18.6 Å². The van der Waals surface area contributed by atoms with E-state index in [0.717, 1.165) is 51.4 Å². The Bertz CT molecular complexity index is 718. The van der Waals surface area contributed by atoms with Gasteiger partial charge in [-0.1, -0.05) is 25.7 Å². The minimum atomic E-state index is -0.761. The molecule has 0 radical (unpaired) electrons. The van der Waals surface area contributed by atoms with Crippen LogP contribution in [0.1, 0.15) is 70.6 Å². The van der Waals surface area contributed by atoms with Gasteiger partial charge in [0.15, 0.2) is 0 Å². The molecule has 0 spiro atoms. The van der Waals surface area contributed by atoms with Crippen molar-refractivity contribution in [2.24, 2.45) is 11.8 Å². The number of hydroxylamine groups is 2. The largest absolute Gasteiger partial charge is 0.446 e. The van der Waals surface area contributed by atoms with E-state index in [9.17, 15) is 24.4 Å². The number of ether oxygens (including phenoxy) is 1. The predicted molar refractivity (Wildman–Crippen MR) is 124 cm³/mol. The number of hydrogen-bond donors (Lipinski definition) is 2. The number of nitrogens with zero attached hydrogens (tertiary/aromatic N) is 3. The zero-order chi connectivity index (χ0) is 24.7. The van der Waals surface area contributed by atoms with Crippen molar-refractivity contribution in [1.29, 1.82) is 0 Å². The van der Waals surface area contributed by atoms with Crippen LogP contribution < -0.4 is 5.32 Å². The molecule has 4 amide bonds. The molecule has 2 N–H and O–H groups in total. The molecule has 0 bridgehead atoms. The van der Waals surface area contributed by atoms with Crippen molar-refractivity contribution < 1.29 is 29.1 Å². The van der Waals surface area contributed by atoms with E-state index in [1.54, 1.807) is 0 Å². The number of nitrogens with one attached hydrogen (secondary N) is 1. The molecule has 2 aliphatic carbocycles. The normalized spacial score (nSPS) is 26.4. The van der Waals surface area contributed by atoms with Crippen molar-refractivity contribution in [3.05, 3.63) is 0 Å². The second kappa shape index (κ2) is 12.5. The maximum absolute atomic E-state index is 13.4. The summed E-state index contributed by atoms with van der Waals surface area (Å²) < 4.78 is 5.48. The van der Waals surface area contributed by atoms with Crippen LogP contribution in [0.2, 0.25) is 0 Å². The van der Waals surface area contributed by atoms with Gasteiger partial charge < -0.3 is 14.5 Å². The van der Waals surface area contributed by atoms with Gasteiger partial charge in [0.1, 0.15) is 12.1 Å². The van der Waals surface area contributed by atoms with Gasteiger partial charge in [-0.05, 0) is 65.0 Å². The second-order valence-corrected chi connectivity index (χ2v) is 10.3. The first kappa shape index (κ1) is 26.4. The Morgan fingerprint density at radius 1 is 1.06 bits per heavy atom. The molecule has 10 nitrogen and oxygen atoms in total. The zero-order valence-corrected chi connectivity index (χ0v) is 20.5. The van der Waals surface area contributed by atoms with Gasteiger partial charge in [-0.3, -0.25) is 24.9 Å². The van der Waals surface area contributed by atoms with Gasteiger partial charge in [-0.2, -0.15) is 0 Å². The number of rotatable bonds is 9. The van der Waals surface area contributed by atoms with Crippen LogP contribution in [0.5, 0.6) is 0 Å². The first-order valence-electron chi connectivity index (χ1n) is 12.7. The third kappa shape index (κ3) is 7.15. The van der Waals surface area contributed by atoms with Gasteiger partial charge in [0.05, 0.1) is 12.5 Å². The molecule has 0 unspecified atom stereocenters. The fourth-order valence-electron chi connectivity index (χ4n) is 5.75. The molecule has 3 fully saturated rings. The third-order valence-corrected chi connectivity index (χ3v) is 7.68. The quantitative estimate of drug-likeness (QED) is 0.295. The lowest BCUT2D eigenvalue weighted by atomic mass is 9.91. The Morgan fingerprint density at radius 2 is 1.74 bits per heavy atom. The second-order valence-electron chi connectivity index (χ2n) is 10.3. The van der Waals surface area contributed by atoms with E-state index in [1.807, 2.05) is 14.1 Å². The summed E-state index contributed by atoms with van der Waals surface area (Å²) in [6, 6.07) is -0.271. The van der Waals surface area contributed by atoms with E-state index in [0.29, 0.717) is 49.2 Å². The summed E-state index contributed by atoms with van der Waals surface area (Å²) >= 11 is 0. The molecule has 0 aromatic rings. The van der Waals surface area contributed by atoms with Gasteiger partial charge >= 0.3 is 6.09 Å². The molecule has 1 heterocycles. The average molecular weight is 481 g/mol. The Balaban J connectivity index is 1.54. The van der Waals surface area contributed by atoms with Crippen LogP contribution in [0, 0.1) is 11.8 Å². The Morgan fingerprint density at radius 3 is 2.35 bits per heavy atom. The highest BCUT2D eigenvalue weighted by atomic mass is 16.6. The number of likely N-dealkylation sites (tertiary alicyclic amines) is 1.